The molecule has 1 unspecified atom stereocenters. The summed E-state index contributed by atoms with van der Waals surface area (Å²) in [5.74, 6) is -1.65. The third kappa shape index (κ3) is 5.65. The lowest BCUT2D eigenvalue weighted by Crippen LogP contribution is -2.54. The molecule has 2 aliphatic rings. The molecule has 0 aliphatic heterocycles. The number of hydrogen-bond acceptors (Lipinski definition) is 5. The molecule has 0 heterocycles. The number of methoxy groups -OCH3 is 1. The summed E-state index contributed by atoms with van der Waals surface area (Å²) in [5, 5.41) is 14.8. The predicted molar refractivity (Wildman–Crippen MR) is 130 cm³/mol. The molecule has 8 heteroatoms. The number of amides is 2. The zero-order chi connectivity index (χ0) is 24.8. The van der Waals surface area contributed by atoms with Gasteiger partial charge in [0.05, 0.1) is 12.1 Å². The molecule has 0 spiro atoms. The van der Waals surface area contributed by atoms with E-state index in [1.54, 1.807) is 0 Å². The molecule has 1 atom stereocenters. The highest BCUT2D eigenvalue weighted by atomic mass is 16.5. The van der Waals surface area contributed by atoms with Gasteiger partial charge < -0.3 is 25.2 Å². The van der Waals surface area contributed by atoms with Gasteiger partial charge in [-0.1, -0.05) is 67.8 Å². The van der Waals surface area contributed by atoms with Crippen LogP contribution in [0.4, 0.5) is 4.79 Å². The number of carbonyl (C=O) groups is 3. The Labute approximate surface area is 205 Å². The molecule has 0 radical (unpaired) electrons. The van der Waals surface area contributed by atoms with Crippen LogP contribution >= 0.6 is 0 Å². The van der Waals surface area contributed by atoms with Gasteiger partial charge in [0.25, 0.3) is 0 Å². The Kier molecular flexibility index (Phi) is 7.70. The van der Waals surface area contributed by atoms with Crippen molar-refractivity contribution in [1.82, 2.24) is 10.6 Å². The first-order valence-electron chi connectivity index (χ1n) is 12.1. The summed E-state index contributed by atoms with van der Waals surface area (Å²) in [6.07, 6.45) is 3.46. The van der Waals surface area contributed by atoms with Crippen LogP contribution in [0.2, 0.25) is 0 Å². The molecule has 2 aromatic carbocycles. The van der Waals surface area contributed by atoms with Gasteiger partial charge in [0, 0.05) is 19.4 Å². The quantitative estimate of drug-likeness (QED) is 0.503. The van der Waals surface area contributed by atoms with Crippen LogP contribution in [-0.4, -0.2) is 55.0 Å². The average molecular weight is 481 g/mol. The van der Waals surface area contributed by atoms with E-state index >= 15 is 0 Å². The summed E-state index contributed by atoms with van der Waals surface area (Å²) in [6, 6.07) is 15.1. The molecule has 1 fully saturated rings. The lowest BCUT2D eigenvalue weighted by atomic mass is 9.79. The zero-order valence-electron chi connectivity index (χ0n) is 19.9. The number of carboxylic acids is 1. The normalized spacial score (nSPS) is 17.1. The van der Waals surface area contributed by atoms with Crippen LogP contribution < -0.4 is 10.6 Å². The van der Waals surface area contributed by atoms with Crippen molar-refractivity contribution in [3.05, 3.63) is 59.7 Å². The summed E-state index contributed by atoms with van der Waals surface area (Å²) in [6.45, 7) is 0.0605. The number of ether oxygens (including phenoxy) is 2. The maximum Gasteiger partial charge on any atom is 0.407 e. The van der Waals surface area contributed by atoms with Crippen molar-refractivity contribution < 1.29 is 29.0 Å². The van der Waals surface area contributed by atoms with E-state index in [9.17, 15) is 19.5 Å². The molecular formula is C27H32N2O6. The van der Waals surface area contributed by atoms with Gasteiger partial charge >= 0.3 is 12.1 Å². The van der Waals surface area contributed by atoms with Crippen LogP contribution in [0.25, 0.3) is 11.1 Å². The summed E-state index contributed by atoms with van der Waals surface area (Å²) in [7, 11) is 1.38. The molecule has 4 rings (SSSR count). The van der Waals surface area contributed by atoms with Gasteiger partial charge in [0.1, 0.15) is 6.61 Å². The van der Waals surface area contributed by atoms with Crippen LogP contribution in [0.3, 0.4) is 0 Å². The molecule has 3 N–H and O–H groups in total. The van der Waals surface area contributed by atoms with Crippen molar-refractivity contribution in [3.8, 4) is 11.1 Å². The van der Waals surface area contributed by atoms with E-state index in [1.807, 2.05) is 24.3 Å². The third-order valence-corrected chi connectivity index (χ3v) is 6.99. The minimum absolute atomic E-state index is 0.00924. The first-order valence-corrected chi connectivity index (χ1v) is 12.1. The van der Waals surface area contributed by atoms with Gasteiger partial charge in [0.15, 0.2) is 6.04 Å². The Morgan fingerprint density at radius 3 is 2.17 bits per heavy atom. The average Bonchev–Trinajstić information content (AvgIpc) is 3.16. The lowest BCUT2D eigenvalue weighted by Gasteiger charge is -2.37. The van der Waals surface area contributed by atoms with Crippen molar-refractivity contribution in [1.29, 1.82) is 0 Å². The molecule has 35 heavy (non-hydrogen) atoms. The fourth-order valence-corrected chi connectivity index (χ4v) is 5.32. The van der Waals surface area contributed by atoms with E-state index in [4.69, 9.17) is 9.47 Å². The van der Waals surface area contributed by atoms with Crippen LogP contribution in [-0.2, 0) is 19.1 Å². The highest BCUT2D eigenvalue weighted by Gasteiger charge is 2.38. The highest BCUT2D eigenvalue weighted by molar-refractivity contribution is 5.85. The Morgan fingerprint density at radius 2 is 1.60 bits per heavy atom. The topological polar surface area (TPSA) is 114 Å². The molecule has 1 saturated carbocycles. The van der Waals surface area contributed by atoms with Crippen molar-refractivity contribution in [2.75, 3.05) is 20.3 Å². The van der Waals surface area contributed by atoms with Crippen LogP contribution in [0, 0.1) is 0 Å². The molecular weight excluding hydrogens is 448 g/mol. The summed E-state index contributed by atoms with van der Waals surface area (Å²) in [5.41, 5.74) is 3.81. The number of carboxylic acid groups (broad SMARTS) is 1. The Balaban J connectivity index is 1.41. The lowest BCUT2D eigenvalue weighted by molar-refractivity contribution is -0.143. The van der Waals surface area contributed by atoms with Gasteiger partial charge in [0.2, 0.25) is 5.91 Å². The van der Waals surface area contributed by atoms with Crippen LogP contribution in [0.5, 0.6) is 0 Å². The molecule has 0 aromatic heterocycles. The second-order valence-corrected chi connectivity index (χ2v) is 9.38. The van der Waals surface area contributed by atoms with E-state index in [0.717, 1.165) is 41.5 Å². The number of benzene rings is 2. The maximum absolute atomic E-state index is 12.9. The number of hydrogen-bond donors (Lipinski definition) is 3. The number of fused-ring (bicyclic) bond motifs is 3. The number of alkyl carbamates (subject to hydrolysis) is 1. The fraction of sp³-hybridized carbons (Fsp3) is 0.444. The van der Waals surface area contributed by atoms with Gasteiger partial charge in [-0.05, 0) is 35.1 Å². The highest BCUT2D eigenvalue weighted by Crippen LogP contribution is 2.44. The Bertz CT molecular complexity index is 1030. The van der Waals surface area contributed by atoms with E-state index in [2.05, 4.69) is 34.9 Å². The second kappa shape index (κ2) is 10.9. The smallest absolute Gasteiger partial charge is 0.407 e. The van der Waals surface area contributed by atoms with Crippen LogP contribution in [0.1, 0.15) is 55.6 Å². The van der Waals surface area contributed by atoms with Gasteiger partial charge in [-0.25, -0.2) is 9.59 Å². The SMILES string of the molecule is COCC(NC(=O)CC1(NC(=O)OCC2c3ccccc3-c3ccccc32)CCCCC1)C(=O)O. The summed E-state index contributed by atoms with van der Waals surface area (Å²) >= 11 is 0. The van der Waals surface area contributed by atoms with Crippen LogP contribution in [0.15, 0.2) is 48.5 Å². The number of aliphatic carboxylic acids is 1. The molecule has 0 bridgehead atoms. The maximum atomic E-state index is 12.9. The van der Waals surface area contributed by atoms with Crippen molar-refractivity contribution in [3.63, 3.8) is 0 Å². The van der Waals surface area contributed by atoms with Gasteiger partial charge in [-0.2, -0.15) is 0 Å². The summed E-state index contributed by atoms with van der Waals surface area (Å²) in [4.78, 5) is 37.0. The monoisotopic (exact) mass is 480 g/mol. The predicted octanol–water partition coefficient (Wildman–Crippen LogP) is 3.83. The van der Waals surface area contributed by atoms with Gasteiger partial charge in [-0.15, -0.1) is 0 Å². The minimum Gasteiger partial charge on any atom is -0.480 e. The van der Waals surface area contributed by atoms with Crippen molar-refractivity contribution in [2.45, 2.75) is 56.0 Å². The Hall–Kier alpha value is -3.39. The first kappa shape index (κ1) is 24.7. The zero-order valence-corrected chi connectivity index (χ0v) is 19.9. The van der Waals surface area contributed by atoms with Crippen molar-refractivity contribution in [2.24, 2.45) is 0 Å². The molecule has 8 nitrogen and oxygen atoms in total. The van der Waals surface area contributed by atoms with Crippen molar-refractivity contribution >= 4 is 18.0 Å². The third-order valence-electron chi connectivity index (χ3n) is 6.99. The van der Waals surface area contributed by atoms with E-state index in [0.29, 0.717) is 12.8 Å². The molecule has 2 amide bonds. The van der Waals surface area contributed by atoms with E-state index in [-0.39, 0.29) is 25.6 Å². The molecule has 2 aromatic rings. The summed E-state index contributed by atoms with van der Waals surface area (Å²) < 4.78 is 10.6. The molecule has 2 aliphatic carbocycles. The fourth-order valence-electron chi connectivity index (χ4n) is 5.32. The number of carbonyl (C=O) groups excluding carboxylic acids is 2. The van der Waals surface area contributed by atoms with E-state index in [1.165, 1.54) is 7.11 Å². The largest absolute Gasteiger partial charge is 0.480 e. The second-order valence-electron chi connectivity index (χ2n) is 9.38. The minimum atomic E-state index is -1.16. The first-order chi connectivity index (χ1) is 16.9. The molecule has 186 valence electrons. The molecule has 0 saturated heterocycles. The van der Waals surface area contributed by atoms with Gasteiger partial charge in [-0.3, -0.25) is 4.79 Å². The standard InChI is InChI=1S/C27H32N2O6/c1-34-17-23(25(31)32)28-24(30)15-27(13-7-2-8-14-27)29-26(33)35-16-22-20-11-5-3-9-18(20)19-10-4-6-12-21(19)22/h3-6,9-12,22-23H,2,7-8,13-17H2,1H3,(H,28,30)(H,29,33)(H,31,32). The van der Waals surface area contributed by atoms with E-state index < -0.39 is 29.6 Å². The number of rotatable bonds is 9. The number of nitrogens with one attached hydrogen (secondary N) is 2. The Morgan fingerprint density at radius 1 is 1.00 bits per heavy atom.